The molecule has 0 aromatic heterocycles. The Hall–Kier alpha value is -2.73. The van der Waals surface area contributed by atoms with Gasteiger partial charge in [-0.1, -0.05) is 0 Å². The van der Waals surface area contributed by atoms with E-state index in [1.165, 1.54) is 0 Å². The molecule has 0 aliphatic heterocycles. The van der Waals surface area contributed by atoms with Crippen molar-refractivity contribution in [3.05, 3.63) is 0 Å². The van der Waals surface area contributed by atoms with Gasteiger partial charge in [-0.15, -0.1) is 0 Å². The molecule has 2 unspecified atom stereocenters. The highest BCUT2D eigenvalue weighted by molar-refractivity contribution is 5.84. The lowest BCUT2D eigenvalue weighted by molar-refractivity contribution is -0.150. The Kier molecular flexibility index (Phi) is 10.8. The normalized spacial score (nSPS) is 12.2. The molecule has 22 heavy (non-hydrogen) atoms. The van der Waals surface area contributed by atoms with E-state index in [0.29, 0.717) is 0 Å². The van der Waals surface area contributed by atoms with Crippen LogP contribution in [0, 0.1) is 0 Å². The second kappa shape index (κ2) is 11.0. The lowest BCUT2D eigenvalue weighted by Crippen LogP contribution is -2.48. The highest BCUT2D eigenvalue weighted by Crippen LogP contribution is 2.00. The number of nitrogens with one attached hydrogen (secondary N) is 1. The summed E-state index contributed by atoms with van der Waals surface area (Å²) >= 11 is 0. The molecular weight excluding hydrogens is 308 g/mol. The van der Waals surface area contributed by atoms with Crippen molar-refractivity contribution in [3.8, 4) is 0 Å². The SMILES string of the molecule is NCC(=O)O.O=C(O)CC(NC(CC(=O)O)C(=O)O)C(=O)O. The first-order valence-corrected chi connectivity index (χ1v) is 5.58. The summed E-state index contributed by atoms with van der Waals surface area (Å²) in [5.74, 6) is -6.98. The van der Waals surface area contributed by atoms with Crippen molar-refractivity contribution in [2.45, 2.75) is 24.9 Å². The smallest absolute Gasteiger partial charge is 0.321 e. The molecule has 0 aromatic rings. The number of hydrogen-bond donors (Lipinski definition) is 7. The molecule has 0 amide bonds. The summed E-state index contributed by atoms with van der Waals surface area (Å²) in [4.78, 5) is 51.1. The third kappa shape index (κ3) is 12.3. The van der Waals surface area contributed by atoms with E-state index < -0.39 is 54.8 Å². The zero-order valence-corrected chi connectivity index (χ0v) is 11.1. The van der Waals surface area contributed by atoms with Crippen LogP contribution in [0.1, 0.15) is 12.8 Å². The largest absolute Gasteiger partial charge is 0.481 e. The molecule has 0 aromatic carbocycles. The first-order chi connectivity index (χ1) is 10.0. The Morgan fingerprint density at radius 1 is 0.727 bits per heavy atom. The van der Waals surface area contributed by atoms with Crippen molar-refractivity contribution >= 4 is 29.8 Å². The zero-order chi connectivity index (χ0) is 17.9. The van der Waals surface area contributed by atoms with Crippen LogP contribution in [0.5, 0.6) is 0 Å². The Morgan fingerprint density at radius 3 is 1.14 bits per heavy atom. The van der Waals surface area contributed by atoms with Gasteiger partial charge in [-0.2, -0.15) is 0 Å². The van der Waals surface area contributed by atoms with Gasteiger partial charge in [0.05, 0.1) is 19.4 Å². The Morgan fingerprint density at radius 2 is 1.00 bits per heavy atom. The molecule has 12 heteroatoms. The second-order valence-electron chi connectivity index (χ2n) is 3.74. The second-order valence-corrected chi connectivity index (χ2v) is 3.74. The van der Waals surface area contributed by atoms with Crippen LogP contribution in [0.15, 0.2) is 0 Å². The third-order valence-electron chi connectivity index (χ3n) is 1.93. The highest BCUT2D eigenvalue weighted by Gasteiger charge is 2.29. The van der Waals surface area contributed by atoms with Crippen LogP contribution in [0.4, 0.5) is 0 Å². The molecule has 0 bridgehead atoms. The molecule has 0 aliphatic carbocycles. The molecule has 0 heterocycles. The van der Waals surface area contributed by atoms with Crippen LogP contribution in [0.3, 0.4) is 0 Å². The minimum Gasteiger partial charge on any atom is -0.481 e. The van der Waals surface area contributed by atoms with Gasteiger partial charge in [-0.05, 0) is 0 Å². The molecule has 0 spiro atoms. The quantitative estimate of drug-likeness (QED) is 0.233. The van der Waals surface area contributed by atoms with Crippen molar-refractivity contribution in [1.82, 2.24) is 5.32 Å². The fourth-order valence-corrected chi connectivity index (χ4v) is 1.03. The monoisotopic (exact) mass is 324 g/mol. The predicted molar refractivity (Wildman–Crippen MR) is 67.2 cm³/mol. The van der Waals surface area contributed by atoms with E-state index in [1.54, 1.807) is 0 Å². The fourth-order valence-electron chi connectivity index (χ4n) is 1.03. The number of carboxylic acids is 5. The van der Waals surface area contributed by atoms with Gasteiger partial charge in [0.1, 0.15) is 12.1 Å². The van der Waals surface area contributed by atoms with Gasteiger partial charge in [0.15, 0.2) is 0 Å². The van der Waals surface area contributed by atoms with E-state index in [-0.39, 0.29) is 6.54 Å². The molecule has 2 atom stereocenters. The number of carbonyl (C=O) groups is 5. The average Bonchev–Trinajstić information content (AvgIpc) is 2.36. The van der Waals surface area contributed by atoms with E-state index in [9.17, 15) is 24.0 Å². The van der Waals surface area contributed by atoms with E-state index in [1.807, 2.05) is 5.32 Å². The maximum Gasteiger partial charge on any atom is 0.321 e. The highest BCUT2D eigenvalue weighted by atomic mass is 16.4. The van der Waals surface area contributed by atoms with Crippen LogP contribution in [0.2, 0.25) is 0 Å². The molecule has 0 aliphatic rings. The first-order valence-electron chi connectivity index (χ1n) is 5.58. The molecule has 0 radical (unpaired) electrons. The number of carboxylic acid groups (broad SMARTS) is 5. The molecular formula is C10H16N2O10. The molecule has 0 saturated heterocycles. The van der Waals surface area contributed by atoms with Gasteiger partial charge in [-0.25, -0.2) is 0 Å². The summed E-state index contributed by atoms with van der Waals surface area (Å²) in [5.41, 5.74) is 4.57. The minimum atomic E-state index is -1.66. The first kappa shape index (κ1) is 21.6. The van der Waals surface area contributed by atoms with Gasteiger partial charge >= 0.3 is 29.8 Å². The van der Waals surface area contributed by atoms with Crippen molar-refractivity contribution < 1.29 is 49.5 Å². The van der Waals surface area contributed by atoms with Crippen LogP contribution < -0.4 is 11.1 Å². The molecule has 8 N–H and O–H groups in total. The molecule has 12 nitrogen and oxygen atoms in total. The summed E-state index contributed by atoms with van der Waals surface area (Å²) < 4.78 is 0. The van der Waals surface area contributed by atoms with Gasteiger partial charge in [0.25, 0.3) is 0 Å². The molecule has 0 saturated carbocycles. The maximum absolute atomic E-state index is 10.6. The van der Waals surface area contributed by atoms with Crippen LogP contribution in [0.25, 0.3) is 0 Å². The number of nitrogens with two attached hydrogens (primary N) is 1. The van der Waals surface area contributed by atoms with E-state index in [0.717, 1.165) is 0 Å². The van der Waals surface area contributed by atoms with Crippen molar-refractivity contribution in [2.24, 2.45) is 5.73 Å². The minimum absolute atomic E-state index is 0.278. The standard InChI is InChI=1S/C8H11NO8.C2H5NO2/c10-5(11)1-3(7(14)15)9-4(8(16)17)2-6(12)13;3-1-2(4)5/h3-4,9H,1-2H2,(H,10,11)(H,12,13)(H,14,15)(H,16,17);1,3H2,(H,4,5). The lowest BCUT2D eigenvalue weighted by Gasteiger charge is -2.17. The number of aliphatic carboxylic acids is 5. The molecule has 0 rings (SSSR count). The number of rotatable bonds is 9. The van der Waals surface area contributed by atoms with Gasteiger partial charge in [0, 0.05) is 0 Å². The van der Waals surface area contributed by atoms with Crippen LogP contribution in [-0.2, 0) is 24.0 Å². The van der Waals surface area contributed by atoms with Crippen molar-refractivity contribution in [1.29, 1.82) is 0 Å². The topological polar surface area (TPSA) is 225 Å². The molecule has 0 fully saturated rings. The Bertz CT molecular complexity index is 403. The van der Waals surface area contributed by atoms with Crippen molar-refractivity contribution in [3.63, 3.8) is 0 Å². The van der Waals surface area contributed by atoms with Crippen LogP contribution in [-0.4, -0.2) is 74.0 Å². The Balaban J connectivity index is 0. The summed E-state index contributed by atoms with van der Waals surface area (Å²) in [6.07, 6.45) is -1.70. The number of hydrogen-bond acceptors (Lipinski definition) is 7. The Labute approximate surface area is 123 Å². The molecule has 126 valence electrons. The van der Waals surface area contributed by atoms with Gasteiger partial charge < -0.3 is 31.3 Å². The lowest BCUT2D eigenvalue weighted by atomic mass is 10.1. The summed E-state index contributed by atoms with van der Waals surface area (Å²) in [5, 5.41) is 43.6. The fraction of sp³-hybridized carbons (Fsp3) is 0.500. The van der Waals surface area contributed by atoms with Gasteiger partial charge in [0.2, 0.25) is 0 Å². The summed E-state index contributed by atoms with van der Waals surface area (Å²) in [6.45, 7) is -0.278. The predicted octanol–water partition coefficient (Wildman–Crippen LogP) is -2.54. The van der Waals surface area contributed by atoms with Crippen molar-refractivity contribution in [2.75, 3.05) is 6.54 Å². The zero-order valence-electron chi connectivity index (χ0n) is 11.1. The van der Waals surface area contributed by atoms with E-state index in [4.69, 9.17) is 25.5 Å². The van der Waals surface area contributed by atoms with Gasteiger partial charge in [-0.3, -0.25) is 29.3 Å². The maximum atomic E-state index is 10.6. The summed E-state index contributed by atoms with van der Waals surface area (Å²) in [6, 6.07) is -3.32. The third-order valence-corrected chi connectivity index (χ3v) is 1.93. The average molecular weight is 324 g/mol. The van der Waals surface area contributed by atoms with E-state index >= 15 is 0 Å². The van der Waals surface area contributed by atoms with Crippen LogP contribution >= 0.6 is 0 Å². The summed E-state index contributed by atoms with van der Waals surface area (Å²) in [7, 11) is 0. The van der Waals surface area contributed by atoms with E-state index in [2.05, 4.69) is 5.73 Å².